The van der Waals surface area contributed by atoms with Gasteiger partial charge in [0.2, 0.25) is 0 Å². The number of nitriles is 1. The lowest BCUT2D eigenvalue weighted by Crippen LogP contribution is -2.19. The highest BCUT2D eigenvalue weighted by atomic mass is 16.1. The minimum absolute atomic E-state index is 0.0904. The van der Waals surface area contributed by atoms with Gasteiger partial charge in [0.15, 0.2) is 5.65 Å². The molecule has 0 aliphatic carbocycles. The molecule has 1 N–H and O–H groups in total. The van der Waals surface area contributed by atoms with Crippen molar-refractivity contribution in [2.45, 2.75) is 13.8 Å². The smallest absolute Gasteiger partial charge is 0.275 e. The Labute approximate surface area is 115 Å². The number of benzene rings is 1. The fourth-order valence-corrected chi connectivity index (χ4v) is 2.09. The summed E-state index contributed by atoms with van der Waals surface area (Å²) in [5.74, 6) is 0. The maximum atomic E-state index is 12.1. The molecule has 0 aliphatic heterocycles. The third-order valence-electron chi connectivity index (χ3n) is 3.41. The van der Waals surface area contributed by atoms with Gasteiger partial charge >= 0.3 is 0 Å². The molecule has 0 spiro atoms. The molecular formula is C15H12N4O. The van der Waals surface area contributed by atoms with Gasteiger partial charge in [-0.15, -0.1) is 0 Å². The van der Waals surface area contributed by atoms with Crippen molar-refractivity contribution < 1.29 is 0 Å². The average molecular weight is 264 g/mol. The molecule has 0 aliphatic rings. The van der Waals surface area contributed by atoms with E-state index >= 15 is 0 Å². The van der Waals surface area contributed by atoms with Crippen LogP contribution in [0.4, 0.5) is 0 Å². The summed E-state index contributed by atoms with van der Waals surface area (Å²) in [6.45, 7) is 3.59. The molecule has 0 amide bonds. The number of aromatic amines is 1. The van der Waals surface area contributed by atoms with Gasteiger partial charge in [-0.1, -0.05) is 12.1 Å². The van der Waals surface area contributed by atoms with E-state index < -0.39 is 0 Å². The zero-order valence-corrected chi connectivity index (χ0v) is 11.1. The molecule has 1 aromatic carbocycles. The van der Waals surface area contributed by atoms with Crippen LogP contribution in [0.15, 0.2) is 35.1 Å². The summed E-state index contributed by atoms with van der Waals surface area (Å²) in [6.07, 6.45) is 0. The molecule has 0 unspecified atom stereocenters. The van der Waals surface area contributed by atoms with Gasteiger partial charge < -0.3 is 0 Å². The standard InChI is InChI=1S/C15H12N4O/c1-9-10(2)17-14-7-13(18-19(14)15(9)20)12-5-3-11(8-16)4-6-12/h3-7,18H,1-2H3. The summed E-state index contributed by atoms with van der Waals surface area (Å²) >= 11 is 0. The molecule has 98 valence electrons. The highest BCUT2D eigenvalue weighted by Crippen LogP contribution is 2.19. The molecule has 5 nitrogen and oxygen atoms in total. The fraction of sp³-hybridized carbons (Fsp3) is 0.133. The Morgan fingerprint density at radius 1 is 1.25 bits per heavy atom. The number of hydrogen-bond donors (Lipinski definition) is 1. The first kappa shape index (κ1) is 12.2. The molecule has 2 aromatic heterocycles. The first-order valence-electron chi connectivity index (χ1n) is 6.19. The number of hydrogen-bond acceptors (Lipinski definition) is 3. The van der Waals surface area contributed by atoms with Gasteiger partial charge in [0.05, 0.1) is 17.3 Å². The second kappa shape index (κ2) is 4.35. The number of aryl methyl sites for hydroxylation is 1. The second-order valence-corrected chi connectivity index (χ2v) is 4.68. The number of nitrogens with zero attached hydrogens (tertiary/aromatic N) is 3. The second-order valence-electron chi connectivity index (χ2n) is 4.68. The van der Waals surface area contributed by atoms with Crippen LogP contribution in [0.2, 0.25) is 0 Å². The summed E-state index contributed by atoms with van der Waals surface area (Å²) < 4.78 is 1.44. The van der Waals surface area contributed by atoms with E-state index in [4.69, 9.17) is 5.26 Å². The molecule has 0 bridgehead atoms. The lowest BCUT2D eigenvalue weighted by molar-refractivity contribution is 0.876. The SMILES string of the molecule is Cc1nc2cc(-c3ccc(C#N)cc3)[nH]n2c(=O)c1C. The molecule has 20 heavy (non-hydrogen) atoms. The van der Waals surface area contributed by atoms with Crippen LogP contribution in [-0.2, 0) is 0 Å². The third-order valence-corrected chi connectivity index (χ3v) is 3.41. The molecule has 2 heterocycles. The van der Waals surface area contributed by atoms with E-state index in [0.29, 0.717) is 16.8 Å². The van der Waals surface area contributed by atoms with Gasteiger partial charge in [-0.25, -0.2) is 9.50 Å². The van der Waals surface area contributed by atoms with Crippen LogP contribution in [0.25, 0.3) is 16.9 Å². The summed E-state index contributed by atoms with van der Waals surface area (Å²) in [4.78, 5) is 16.5. The van der Waals surface area contributed by atoms with Crippen LogP contribution >= 0.6 is 0 Å². The number of rotatable bonds is 1. The van der Waals surface area contributed by atoms with Crippen molar-refractivity contribution in [1.82, 2.24) is 14.6 Å². The summed E-state index contributed by atoms with van der Waals surface area (Å²) in [7, 11) is 0. The predicted octanol–water partition coefficient (Wildman–Crippen LogP) is 2.18. The van der Waals surface area contributed by atoms with Crippen molar-refractivity contribution >= 4 is 5.65 Å². The van der Waals surface area contributed by atoms with Gasteiger partial charge in [0.1, 0.15) is 0 Å². The van der Waals surface area contributed by atoms with Crippen LogP contribution in [-0.4, -0.2) is 14.6 Å². The van der Waals surface area contributed by atoms with Gasteiger partial charge in [0, 0.05) is 17.3 Å². The van der Waals surface area contributed by atoms with Crippen molar-refractivity contribution in [3.8, 4) is 17.3 Å². The quantitative estimate of drug-likeness (QED) is 0.732. The van der Waals surface area contributed by atoms with Gasteiger partial charge in [-0.2, -0.15) is 5.26 Å². The lowest BCUT2D eigenvalue weighted by atomic mass is 10.1. The molecule has 0 saturated carbocycles. The molecule has 0 saturated heterocycles. The average Bonchev–Trinajstić information content (AvgIpc) is 2.89. The molecule has 0 atom stereocenters. The Morgan fingerprint density at radius 3 is 2.60 bits per heavy atom. The summed E-state index contributed by atoms with van der Waals surface area (Å²) in [6, 6.07) is 11.1. The van der Waals surface area contributed by atoms with Gasteiger partial charge in [0.25, 0.3) is 5.56 Å². The molecule has 0 radical (unpaired) electrons. The van der Waals surface area contributed by atoms with Gasteiger partial charge in [-0.3, -0.25) is 9.89 Å². The van der Waals surface area contributed by atoms with E-state index in [9.17, 15) is 4.79 Å². The Balaban J connectivity index is 2.20. The monoisotopic (exact) mass is 264 g/mol. The van der Waals surface area contributed by atoms with Crippen LogP contribution in [0.5, 0.6) is 0 Å². The van der Waals surface area contributed by atoms with Crippen molar-refractivity contribution in [2.24, 2.45) is 0 Å². The zero-order chi connectivity index (χ0) is 14.3. The van der Waals surface area contributed by atoms with E-state index in [1.165, 1.54) is 4.52 Å². The number of aromatic nitrogens is 3. The van der Waals surface area contributed by atoms with Crippen LogP contribution in [0.1, 0.15) is 16.8 Å². The molecule has 5 heteroatoms. The zero-order valence-electron chi connectivity index (χ0n) is 11.1. The minimum atomic E-state index is -0.0904. The highest BCUT2D eigenvalue weighted by molar-refractivity contribution is 5.64. The van der Waals surface area contributed by atoms with Gasteiger partial charge in [-0.05, 0) is 31.5 Å². The van der Waals surface area contributed by atoms with E-state index in [1.807, 2.05) is 25.1 Å². The van der Waals surface area contributed by atoms with E-state index in [0.717, 1.165) is 17.0 Å². The van der Waals surface area contributed by atoms with Crippen molar-refractivity contribution in [3.05, 3.63) is 57.5 Å². The third kappa shape index (κ3) is 1.79. The Bertz CT molecular complexity index is 894. The fourth-order valence-electron chi connectivity index (χ4n) is 2.09. The van der Waals surface area contributed by atoms with Crippen molar-refractivity contribution in [3.63, 3.8) is 0 Å². The maximum absolute atomic E-state index is 12.1. The molecular weight excluding hydrogens is 252 g/mol. The minimum Gasteiger partial charge on any atom is -0.289 e. The first-order chi connectivity index (χ1) is 9.60. The van der Waals surface area contributed by atoms with Crippen molar-refractivity contribution in [1.29, 1.82) is 5.26 Å². The molecule has 0 fully saturated rings. The predicted molar refractivity (Wildman–Crippen MR) is 75.4 cm³/mol. The van der Waals surface area contributed by atoms with Crippen LogP contribution in [0, 0.1) is 25.2 Å². The van der Waals surface area contributed by atoms with E-state index in [2.05, 4.69) is 16.2 Å². The largest absolute Gasteiger partial charge is 0.289 e. The number of nitrogens with one attached hydrogen (secondary N) is 1. The Hall–Kier alpha value is -2.87. The first-order valence-corrected chi connectivity index (χ1v) is 6.19. The van der Waals surface area contributed by atoms with E-state index in [1.54, 1.807) is 19.1 Å². The molecule has 3 rings (SSSR count). The van der Waals surface area contributed by atoms with E-state index in [-0.39, 0.29) is 5.56 Å². The summed E-state index contributed by atoms with van der Waals surface area (Å²) in [5, 5.41) is 11.8. The maximum Gasteiger partial charge on any atom is 0.275 e. The van der Waals surface area contributed by atoms with Crippen LogP contribution in [0.3, 0.4) is 0 Å². The highest BCUT2D eigenvalue weighted by Gasteiger charge is 2.09. The van der Waals surface area contributed by atoms with Crippen molar-refractivity contribution in [2.75, 3.05) is 0 Å². The number of fused-ring (bicyclic) bond motifs is 1. The topological polar surface area (TPSA) is 73.9 Å². The Kier molecular flexibility index (Phi) is 2.65. The Morgan fingerprint density at radius 2 is 1.95 bits per heavy atom. The lowest BCUT2D eigenvalue weighted by Gasteiger charge is -1.99. The number of H-pyrrole nitrogens is 1. The van der Waals surface area contributed by atoms with Crippen LogP contribution < -0.4 is 5.56 Å². The normalized spacial score (nSPS) is 10.7. The molecule has 3 aromatic rings. The summed E-state index contributed by atoms with van der Waals surface area (Å²) in [5.41, 5.74) is 4.18.